The summed E-state index contributed by atoms with van der Waals surface area (Å²) in [4.78, 5) is 22.9. The zero-order valence-electron chi connectivity index (χ0n) is 9.12. The Morgan fingerprint density at radius 2 is 2.35 bits per heavy atom. The van der Waals surface area contributed by atoms with Crippen molar-refractivity contribution in [3.63, 3.8) is 0 Å². The smallest absolute Gasteiger partial charge is 0.279 e. The lowest BCUT2D eigenvalue weighted by Gasteiger charge is -2.12. The number of anilines is 1. The molecule has 17 heavy (non-hydrogen) atoms. The highest BCUT2D eigenvalue weighted by Crippen LogP contribution is 2.24. The highest BCUT2D eigenvalue weighted by molar-refractivity contribution is 9.10. The molecule has 1 heterocycles. The number of benzene rings is 1. The molecule has 2 rings (SSSR count). The number of hydrogen-bond acceptors (Lipinski definition) is 3. The highest BCUT2D eigenvalue weighted by atomic mass is 79.9. The monoisotopic (exact) mass is 314 g/mol. The van der Waals surface area contributed by atoms with Crippen molar-refractivity contribution in [1.82, 2.24) is 5.32 Å². The van der Waals surface area contributed by atoms with Gasteiger partial charge in [-0.05, 0) is 40.5 Å². The lowest BCUT2D eigenvalue weighted by atomic mass is 10.2. The summed E-state index contributed by atoms with van der Waals surface area (Å²) in [5, 5.41) is 5.26. The quantitative estimate of drug-likeness (QED) is 0.882. The first-order valence-electron chi connectivity index (χ1n) is 5.06. The second-order valence-corrected chi connectivity index (χ2v) is 5.62. The number of thioether (sulfide) groups is 1. The maximum Gasteiger partial charge on any atom is 0.279 e. The summed E-state index contributed by atoms with van der Waals surface area (Å²) in [5.74, 6) is 0.295. The van der Waals surface area contributed by atoms with E-state index in [1.807, 2.05) is 25.1 Å². The van der Waals surface area contributed by atoms with Crippen LogP contribution in [-0.4, -0.2) is 22.9 Å². The molecule has 0 bridgehead atoms. The minimum Gasteiger partial charge on any atom is -0.334 e. The van der Waals surface area contributed by atoms with Crippen molar-refractivity contribution in [2.24, 2.45) is 0 Å². The molecular formula is C11H11BrN2O2S. The second kappa shape index (κ2) is 5.10. The summed E-state index contributed by atoms with van der Waals surface area (Å²) in [5.41, 5.74) is 1.79. The fourth-order valence-corrected chi connectivity index (χ4v) is 2.60. The number of halogens is 1. The SMILES string of the molecule is Cc1ccc(Br)c(NC(=O)C2CSC(=O)N2)c1. The van der Waals surface area contributed by atoms with Crippen LogP contribution in [-0.2, 0) is 4.79 Å². The molecule has 0 aliphatic carbocycles. The second-order valence-electron chi connectivity index (χ2n) is 3.77. The third kappa shape index (κ3) is 3.01. The molecule has 1 saturated heterocycles. The van der Waals surface area contributed by atoms with Gasteiger partial charge in [0.1, 0.15) is 6.04 Å². The average molecular weight is 315 g/mol. The van der Waals surface area contributed by atoms with Crippen LogP contribution in [0, 0.1) is 6.92 Å². The maximum atomic E-state index is 11.9. The summed E-state index contributed by atoms with van der Waals surface area (Å²) in [6.07, 6.45) is 0. The Morgan fingerprint density at radius 1 is 1.59 bits per heavy atom. The molecule has 1 aliphatic heterocycles. The number of aryl methyl sites for hydroxylation is 1. The Labute approximate surface area is 112 Å². The van der Waals surface area contributed by atoms with Gasteiger partial charge in [0.15, 0.2) is 0 Å². The van der Waals surface area contributed by atoms with Crippen LogP contribution < -0.4 is 10.6 Å². The fourth-order valence-electron chi connectivity index (χ4n) is 1.48. The van der Waals surface area contributed by atoms with E-state index in [0.717, 1.165) is 27.5 Å². The summed E-state index contributed by atoms with van der Waals surface area (Å²) < 4.78 is 0.827. The Bertz CT molecular complexity index is 479. The predicted molar refractivity (Wildman–Crippen MR) is 72.3 cm³/mol. The number of nitrogens with one attached hydrogen (secondary N) is 2. The van der Waals surface area contributed by atoms with Gasteiger partial charge >= 0.3 is 0 Å². The van der Waals surface area contributed by atoms with Crippen LogP contribution in [0.3, 0.4) is 0 Å². The van der Waals surface area contributed by atoms with Gasteiger partial charge in [0.05, 0.1) is 5.69 Å². The minimum atomic E-state index is -0.445. The summed E-state index contributed by atoms with van der Waals surface area (Å²) >= 11 is 4.50. The van der Waals surface area contributed by atoms with Gasteiger partial charge in [-0.15, -0.1) is 0 Å². The Balaban J connectivity index is 2.07. The Morgan fingerprint density at radius 3 is 3.00 bits per heavy atom. The van der Waals surface area contributed by atoms with Crippen molar-refractivity contribution >= 4 is 44.5 Å². The van der Waals surface area contributed by atoms with Crippen molar-refractivity contribution in [2.75, 3.05) is 11.1 Å². The molecule has 4 nitrogen and oxygen atoms in total. The van der Waals surface area contributed by atoms with E-state index < -0.39 is 6.04 Å². The molecule has 1 aromatic rings. The van der Waals surface area contributed by atoms with Crippen molar-refractivity contribution in [2.45, 2.75) is 13.0 Å². The van der Waals surface area contributed by atoms with E-state index in [1.54, 1.807) is 0 Å². The normalized spacial score (nSPS) is 18.9. The van der Waals surface area contributed by atoms with Crippen LogP contribution >= 0.6 is 27.7 Å². The third-order valence-corrected chi connectivity index (χ3v) is 3.94. The Kier molecular flexibility index (Phi) is 3.73. The van der Waals surface area contributed by atoms with E-state index in [2.05, 4.69) is 26.6 Å². The van der Waals surface area contributed by atoms with Crippen LogP contribution in [0.1, 0.15) is 5.56 Å². The van der Waals surface area contributed by atoms with Crippen LogP contribution in [0.25, 0.3) is 0 Å². The molecule has 1 fully saturated rings. The molecule has 1 unspecified atom stereocenters. The summed E-state index contributed by atoms with van der Waals surface area (Å²) in [6.45, 7) is 1.95. The average Bonchev–Trinajstić information content (AvgIpc) is 2.70. The number of amides is 2. The molecular weight excluding hydrogens is 304 g/mol. The highest BCUT2D eigenvalue weighted by Gasteiger charge is 2.28. The van der Waals surface area contributed by atoms with Crippen molar-refractivity contribution < 1.29 is 9.59 Å². The largest absolute Gasteiger partial charge is 0.334 e. The van der Waals surface area contributed by atoms with Gasteiger partial charge in [-0.2, -0.15) is 0 Å². The first-order valence-corrected chi connectivity index (χ1v) is 6.84. The first kappa shape index (κ1) is 12.4. The predicted octanol–water partition coefficient (Wildman–Crippen LogP) is 2.52. The van der Waals surface area contributed by atoms with E-state index in [9.17, 15) is 9.59 Å². The van der Waals surface area contributed by atoms with E-state index in [4.69, 9.17) is 0 Å². The van der Waals surface area contributed by atoms with Crippen molar-refractivity contribution in [3.05, 3.63) is 28.2 Å². The molecule has 0 aromatic heterocycles. The summed E-state index contributed by atoms with van der Waals surface area (Å²) in [6, 6.07) is 5.27. The topological polar surface area (TPSA) is 58.2 Å². The zero-order valence-corrected chi connectivity index (χ0v) is 11.5. The number of carbonyl (C=O) groups is 2. The van der Waals surface area contributed by atoms with Crippen LogP contribution in [0.4, 0.5) is 10.5 Å². The number of carbonyl (C=O) groups excluding carboxylic acids is 2. The lowest BCUT2D eigenvalue weighted by Crippen LogP contribution is -2.38. The summed E-state index contributed by atoms with van der Waals surface area (Å²) in [7, 11) is 0. The first-order chi connectivity index (χ1) is 8.06. The fraction of sp³-hybridized carbons (Fsp3) is 0.273. The van der Waals surface area contributed by atoms with E-state index >= 15 is 0 Å². The molecule has 0 spiro atoms. The van der Waals surface area contributed by atoms with Crippen LogP contribution in [0.15, 0.2) is 22.7 Å². The van der Waals surface area contributed by atoms with Crippen LogP contribution in [0.5, 0.6) is 0 Å². The van der Waals surface area contributed by atoms with Gasteiger partial charge in [-0.3, -0.25) is 9.59 Å². The van der Waals surface area contributed by atoms with Crippen LogP contribution in [0.2, 0.25) is 0 Å². The molecule has 0 radical (unpaired) electrons. The van der Waals surface area contributed by atoms with Gasteiger partial charge in [-0.25, -0.2) is 0 Å². The number of hydrogen-bond donors (Lipinski definition) is 2. The lowest BCUT2D eigenvalue weighted by molar-refractivity contribution is -0.117. The standard InChI is InChI=1S/C11H11BrN2O2S/c1-6-2-3-7(12)8(4-6)13-10(15)9-5-17-11(16)14-9/h2-4,9H,5H2,1H3,(H,13,15)(H,14,16). The third-order valence-electron chi connectivity index (χ3n) is 2.37. The van der Waals surface area contributed by atoms with Gasteiger partial charge in [0.25, 0.3) is 5.24 Å². The van der Waals surface area contributed by atoms with Gasteiger partial charge in [-0.1, -0.05) is 17.8 Å². The minimum absolute atomic E-state index is 0.145. The van der Waals surface area contributed by atoms with E-state index in [-0.39, 0.29) is 11.1 Å². The molecule has 90 valence electrons. The van der Waals surface area contributed by atoms with Gasteiger partial charge in [0.2, 0.25) is 5.91 Å². The van der Waals surface area contributed by atoms with E-state index in [1.165, 1.54) is 0 Å². The molecule has 1 aliphatic rings. The molecule has 1 aromatic carbocycles. The zero-order chi connectivity index (χ0) is 12.4. The van der Waals surface area contributed by atoms with Crippen molar-refractivity contribution in [3.8, 4) is 0 Å². The molecule has 0 saturated carbocycles. The molecule has 2 amide bonds. The number of rotatable bonds is 2. The van der Waals surface area contributed by atoms with Crippen molar-refractivity contribution in [1.29, 1.82) is 0 Å². The maximum absolute atomic E-state index is 11.9. The Hall–Kier alpha value is -1.01. The van der Waals surface area contributed by atoms with Gasteiger partial charge in [0, 0.05) is 10.2 Å². The molecule has 2 N–H and O–H groups in total. The van der Waals surface area contributed by atoms with Gasteiger partial charge < -0.3 is 10.6 Å². The molecule has 6 heteroatoms. The van der Waals surface area contributed by atoms with E-state index in [0.29, 0.717) is 5.75 Å². The molecule has 1 atom stereocenters.